The SMILES string of the molecule is CCOC(=O)c1cccc(S(=O)(=O)N(Cc2ccc3c(c2)OCO3)Cc2cc3cc4c(cc3[nH]c2=O)OCO4)c1. The number of carbonyl (C=O) groups is 1. The predicted molar refractivity (Wildman–Crippen MR) is 142 cm³/mol. The number of nitrogens with zero attached hydrogens (tertiary/aromatic N) is 1. The van der Waals surface area contributed by atoms with Crippen molar-refractivity contribution in [1.29, 1.82) is 0 Å². The van der Waals surface area contributed by atoms with Crippen molar-refractivity contribution in [2.45, 2.75) is 24.9 Å². The minimum atomic E-state index is -4.21. The normalized spacial score (nSPS) is 13.7. The molecule has 0 bridgehead atoms. The summed E-state index contributed by atoms with van der Waals surface area (Å²) in [6.07, 6.45) is 0. The van der Waals surface area contributed by atoms with Gasteiger partial charge in [-0.25, -0.2) is 13.2 Å². The van der Waals surface area contributed by atoms with E-state index in [-0.39, 0.29) is 49.3 Å². The third-order valence-corrected chi connectivity index (χ3v) is 8.33. The van der Waals surface area contributed by atoms with E-state index in [4.69, 9.17) is 23.7 Å². The Kier molecular flexibility index (Phi) is 6.56. The van der Waals surface area contributed by atoms with Crippen molar-refractivity contribution in [3.63, 3.8) is 0 Å². The summed E-state index contributed by atoms with van der Waals surface area (Å²) in [6, 6.07) is 15.8. The summed E-state index contributed by atoms with van der Waals surface area (Å²) in [5.41, 5.74) is 1.03. The number of aromatic nitrogens is 1. The Morgan fingerprint density at radius 1 is 0.900 bits per heavy atom. The predicted octanol–water partition coefficient (Wildman–Crippen LogP) is 3.55. The van der Waals surface area contributed by atoms with Crippen molar-refractivity contribution >= 4 is 26.9 Å². The van der Waals surface area contributed by atoms with Gasteiger partial charge >= 0.3 is 5.97 Å². The summed E-state index contributed by atoms with van der Waals surface area (Å²) >= 11 is 0. The third-order valence-electron chi connectivity index (χ3n) is 6.54. The van der Waals surface area contributed by atoms with E-state index in [1.54, 1.807) is 43.3 Å². The van der Waals surface area contributed by atoms with Crippen LogP contribution < -0.4 is 24.5 Å². The molecule has 2 aliphatic rings. The molecule has 1 N–H and O–H groups in total. The Morgan fingerprint density at radius 2 is 1.62 bits per heavy atom. The van der Waals surface area contributed by atoms with E-state index in [0.717, 1.165) is 0 Å². The Bertz CT molecular complexity index is 1800. The highest BCUT2D eigenvalue weighted by Crippen LogP contribution is 2.36. The monoisotopic (exact) mass is 564 g/mol. The second kappa shape index (κ2) is 10.2. The minimum Gasteiger partial charge on any atom is -0.462 e. The molecule has 1 aromatic heterocycles. The summed E-state index contributed by atoms with van der Waals surface area (Å²) in [6.45, 7) is 1.64. The van der Waals surface area contributed by atoms with Gasteiger partial charge in [0.15, 0.2) is 23.0 Å². The van der Waals surface area contributed by atoms with Crippen LogP contribution in [0.25, 0.3) is 10.9 Å². The number of esters is 1. The lowest BCUT2D eigenvalue weighted by Crippen LogP contribution is -2.32. The lowest BCUT2D eigenvalue weighted by atomic mass is 10.1. The lowest BCUT2D eigenvalue weighted by molar-refractivity contribution is 0.0526. The van der Waals surface area contributed by atoms with Crippen molar-refractivity contribution in [3.05, 3.63) is 87.7 Å². The molecule has 0 aliphatic carbocycles. The Hall–Kier alpha value is -4.55. The van der Waals surface area contributed by atoms with E-state index >= 15 is 0 Å². The number of benzene rings is 3. The van der Waals surface area contributed by atoms with Crippen LogP contribution >= 0.6 is 0 Å². The summed E-state index contributed by atoms with van der Waals surface area (Å²) < 4.78 is 55.9. The first kappa shape index (κ1) is 25.7. The van der Waals surface area contributed by atoms with Crippen LogP contribution in [0.2, 0.25) is 0 Å². The maximum Gasteiger partial charge on any atom is 0.338 e. The molecule has 40 heavy (non-hydrogen) atoms. The van der Waals surface area contributed by atoms with Gasteiger partial charge in [-0.1, -0.05) is 12.1 Å². The molecule has 3 heterocycles. The quantitative estimate of drug-likeness (QED) is 0.319. The molecule has 0 spiro atoms. The number of pyridine rings is 1. The average molecular weight is 565 g/mol. The number of fused-ring (bicyclic) bond motifs is 3. The number of sulfonamides is 1. The van der Waals surface area contributed by atoms with Crippen LogP contribution in [-0.4, -0.2) is 43.9 Å². The zero-order valence-electron chi connectivity index (χ0n) is 21.3. The average Bonchev–Trinajstić information content (AvgIpc) is 3.61. The highest BCUT2D eigenvalue weighted by molar-refractivity contribution is 7.89. The number of ether oxygens (including phenoxy) is 5. The number of hydrogen-bond donors (Lipinski definition) is 1. The summed E-state index contributed by atoms with van der Waals surface area (Å²) in [5, 5.41) is 0.656. The fraction of sp³-hybridized carbons (Fsp3) is 0.214. The van der Waals surface area contributed by atoms with E-state index < -0.39 is 21.6 Å². The maximum atomic E-state index is 14.0. The second-order valence-electron chi connectivity index (χ2n) is 9.13. The van der Waals surface area contributed by atoms with Crippen molar-refractivity contribution in [3.8, 4) is 23.0 Å². The van der Waals surface area contributed by atoms with Crippen molar-refractivity contribution in [2.24, 2.45) is 0 Å². The van der Waals surface area contributed by atoms with Gasteiger partial charge in [0.2, 0.25) is 23.6 Å². The van der Waals surface area contributed by atoms with Gasteiger partial charge in [-0.2, -0.15) is 4.31 Å². The minimum absolute atomic E-state index is 0.0758. The van der Waals surface area contributed by atoms with Gasteiger partial charge < -0.3 is 28.7 Å². The van der Waals surface area contributed by atoms with Crippen LogP contribution in [0.3, 0.4) is 0 Å². The van der Waals surface area contributed by atoms with E-state index in [0.29, 0.717) is 39.5 Å². The van der Waals surface area contributed by atoms with Gasteiger partial charge in [-0.15, -0.1) is 0 Å². The number of hydrogen-bond acceptors (Lipinski definition) is 9. The first-order chi connectivity index (χ1) is 19.3. The molecule has 0 saturated carbocycles. The highest BCUT2D eigenvalue weighted by Gasteiger charge is 2.28. The fourth-order valence-corrected chi connectivity index (χ4v) is 6.02. The largest absolute Gasteiger partial charge is 0.462 e. The number of H-pyrrole nitrogens is 1. The molecule has 2 aliphatic heterocycles. The molecule has 0 atom stereocenters. The second-order valence-corrected chi connectivity index (χ2v) is 11.1. The van der Waals surface area contributed by atoms with Crippen molar-refractivity contribution < 1.29 is 36.9 Å². The molecule has 11 nitrogen and oxygen atoms in total. The standard InChI is InChI=1S/C28H24N2O9S/c1-2-35-28(32)18-4-3-5-21(10-18)40(33,34)30(13-17-6-7-23-24(8-17)37-15-36-23)14-20-9-19-11-25-26(39-16-38-25)12-22(19)29-27(20)31/h3-12H,2,13-16H2,1H3,(H,29,31). The molecule has 206 valence electrons. The van der Waals surface area contributed by atoms with Gasteiger partial charge in [0.05, 0.1) is 22.6 Å². The Morgan fingerprint density at radius 3 is 2.40 bits per heavy atom. The van der Waals surface area contributed by atoms with Gasteiger partial charge in [-0.3, -0.25) is 4.79 Å². The zero-order valence-corrected chi connectivity index (χ0v) is 22.2. The molecule has 6 rings (SSSR count). The number of nitrogens with one attached hydrogen (secondary N) is 1. The van der Waals surface area contributed by atoms with E-state index in [1.165, 1.54) is 28.6 Å². The third kappa shape index (κ3) is 4.82. The molecular weight excluding hydrogens is 540 g/mol. The number of carbonyl (C=O) groups excluding carboxylic acids is 1. The van der Waals surface area contributed by atoms with Crippen molar-refractivity contribution in [2.75, 3.05) is 20.2 Å². The molecule has 0 radical (unpaired) electrons. The van der Waals surface area contributed by atoms with Gasteiger partial charge in [0.25, 0.3) is 5.56 Å². The Labute approximate surface area is 228 Å². The lowest BCUT2D eigenvalue weighted by Gasteiger charge is -2.23. The molecule has 0 unspecified atom stereocenters. The molecule has 4 aromatic rings. The summed E-state index contributed by atoms with van der Waals surface area (Å²) in [5.74, 6) is 1.48. The molecule has 0 fully saturated rings. The first-order valence-corrected chi connectivity index (χ1v) is 13.9. The maximum absolute atomic E-state index is 14.0. The van der Waals surface area contributed by atoms with Crippen LogP contribution in [0.5, 0.6) is 23.0 Å². The van der Waals surface area contributed by atoms with Gasteiger partial charge in [0, 0.05) is 30.1 Å². The van der Waals surface area contributed by atoms with Crippen LogP contribution in [-0.2, 0) is 27.8 Å². The topological polar surface area (TPSA) is 133 Å². The van der Waals surface area contributed by atoms with Gasteiger partial charge in [-0.05, 0) is 55.0 Å². The smallest absolute Gasteiger partial charge is 0.338 e. The highest BCUT2D eigenvalue weighted by atomic mass is 32.2. The van der Waals surface area contributed by atoms with E-state index in [2.05, 4.69) is 4.98 Å². The molecular formula is C28H24N2O9S. The van der Waals surface area contributed by atoms with Gasteiger partial charge in [0.1, 0.15) is 0 Å². The van der Waals surface area contributed by atoms with E-state index in [9.17, 15) is 18.0 Å². The van der Waals surface area contributed by atoms with Crippen LogP contribution in [0, 0.1) is 0 Å². The van der Waals surface area contributed by atoms with E-state index in [1.807, 2.05) is 0 Å². The summed E-state index contributed by atoms with van der Waals surface area (Å²) in [4.78, 5) is 28.1. The van der Waals surface area contributed by atoms with Crippen LogP contribution in [0.4, 0.5) is 0 Å². The molecule has 0 amide bonds. The molecule has 3 aromatic carbocycles. The van der Waals surface area contributed by atoms with Crippen molar-refractivity contribution in [1.82, 2.24) is 9.29 Å². The summed E-state index contributed by atoms with van der Waals surface area (Å²) in [7, 11) is -4.21. The first-order valence-electron chi connectivity index (χ1n) is 12.4. The Balaban J connectivity index is 1.40. The molecule has 0 saturated heterocycles. The van der Waals surface area contributed by atoms with Crippen LogP contribution in [0.1, 0.15) is 28.4 Å². The number of aromatic amines is 1. The van der Waals surface area contributed by atoms with Crippen LogP contribution in [0.15, 0.2) is 70.4 Å². The zero-order chi connectivity index (χ0) is 27.9. The molecule has 12 heteroatoms. The number of rotatable bonds is 8. The fourth-order valence-electron chi connectivity index (χ4n) is 4.56.